The van der Waals surface area contributed by atoms with Crippen LogP contribution >= 0.6 is 11.3 Å². The van der Waals surface area contributed by atoms with Crippen molar-refractivity contribution in [1.29, 1.82) is 0 Å². The first-order valence-corrected chi connectivity index (χ1v) is 18.9. The number of furan rings is 1. The van der Waals surface area contributed by atoms with E-state index in [0.29, 0.717) is 0 Å². The highest BCUT2D eigenvalue weighted by Crippen LogP contribution is 2.57. The zero-order chi connectivity index (χ0) is 35.5. The number of thiophene rings is 1. The van der Waals surface area contributed by atoms with E-state index in [1.807, 2.05) is 11.3 Å². The Balaban J connectivity index is 1.31. The summed E-state index contributed by atoms with van der Waals surface area (Å²) in [6, 6.07) is 59.1. The van der Waals surface area contributed by atoms with Crippen LogP contribution in [0.15, 0.2) is 186 Å². The molecule has 7 aromatic carbocycles. The Hall–Kier alpha value is -6.40. The summed E-state index contributed by atoms with van der Waals surface area (Å²) in [4.78, 5) is 0. The maximum absolute atomic E-state index is 7.39. The first-order valence-electron chi connectivity index (χ1n) is 18.1. The molecular weight excluding hydrogens is 661 g/mol. The summed E-state index contributed by atoms with van der Waals surface area (Å²) in [5.41, 5.74) is 11.2. The molecule has 2 aromatic heterocycles. The molecule has 1 nitrogen and oxygen atoms in total. The normalized spacial score (nSPS) is 16.2. The number of para-hydroxylation sites is 2. The lowest BCUT2D eigenvalue weighted by molar-refractivity contribution is 0.641. The minimum Gasteiger partial charge on any atom is -0.455 e. The second-order valence-electron chi connectivity index (χ2n) is 13.8. The molecular formula is C51H34OS. The molecule has 0 bridgehead atoms. The Morgan fingerprint density at radius 2 is 1.23 bits per heavy atom. The Morgan fingerprint density at radius 3 is 2.04 bits per heavy atom. The number of allylic oxidation sites excluding steroid dienone is 4. The molecule has 2 unspecified atom stereocenters. The molecule has 2 heteroatoms. The Kier molecular flexibility index (Phi) is 7.32. The lowest BCUT2D eigenvalue weighted by Crippen LogP contribution is -2.29. The highest BCUT2D eigenvalue weighted by molar-refractivity contribution is 7.25. The van der Waals surface area contributed by atoms with E-state index in [1.165, 1.54) is 36.9 Å². The van der Waals surface area contributed by atoms with E-state index in [1.54, 1.807) is 0 Å². The van der Waals surface area contributed by atoms with Crippen LogP contribution in [-0.2, 0) is 5.41 Å². The van der Waals surface area contributed by atoms with Crippen molar-refractivity contribution in [2.45, 2.75) is 18.3 Å². The molecule has 0 amide bonds. The Labute approximate surface area is 313 Å². The second kappa shape index (κ2) is 12.4. The zero-order valence-corrected chi connectivity index (χ0v) is 30.0. The van der Waals surface area contributed by atoms with Gasteiger partial charge in [0, 0.05) is 53.6 Å². The van der Waals surface area contributed by atoms with Gasteiger partial charge < -0.3 is 4.42 Å². The van der Waals surface area contributed by atoms with Gasteiger partial charge in [-0.25, -0.2) is 0 Å². The maximum atomic E-state index is 7.39. The molecule has 0 fully saturated rings. The molecule has 2 atom stereocenters. The van der Waals surface area contributed by atoms with E-state index in [-0.39, 0.29) is 5.92 Å². The number of hydrogen-bond acceptors (Lipinski definition) is 2. The van der Waals surface area contributed by atoms with Crippen molar-refractivity contribution in [1.82, 2.24) is 0 Å². The Bertz CT molecular complexity index is 2970. The standard InChI is InChI=1S/C51H34OS/c1-3-18-42-35(4-2)36-23-11-13-29-43(36)51(42,34-21-9-6-10-22-34)44-30-16-26-38-37-25-15-28-41(49(37)52-50(38)44)47(33-19-7-5-8-20-33)40-27-17-32-46-48(40)39-24-12-14-31-45(39)53-46/h2-3,5-32,47H,1H3/b18-3-. The van der Waals surface area contributed by atoms with Gasteiger partial charge in [0.1, 0.15) is 11.2 Å². The first-order chi connectivity index (χ1) is 26.2. The van der Waals surface area contributed by atoms with Gasteiger partial charge in [-0.3, -0.25) is 0 Å². The first kappa shape index (κ1) is 31.3. The van der Waals surface area contributed by atoms with Crippen molar-refractivity contribution in [2.75, 3.05) is 0 Å². The minimum atomic E-state index is -0.695. The molecule has 53 heavy (non-hydrogen) atoms. The predicted octanol–water partition coefficient (Wildman–Crippen LogP) is 13.4. The summed E-state index contributed by atoms with van der Waals surface area (Å²) in [6.45, 7) is 2.06. The molecule has 0 aliphatic heterocycles. The molecule has 1 aliphatic carbocycles. The molecule has 0 saturated carbocycles. The average molecular weight is 695 g/mol. The fourth-order valence-electron chi connectivity index (χ4n) is 9.06. The summed E-state index contributed by atoms with van der Waals surface area (Å²) < 4.78 is 9.98. The van der Waals surface area contributed by atoms with Crippen LogP contribution in [0.25, 0.3) is 47.7 Å². The van der Waals surface area contributed by atoms with Crippen LogP contribution in [-0.4, -0.2) is 0 Å². The molecule has 10 rings (SSSR count). The fraction of sp³-hybridized carbons (Fsp3) is 0.0588. The van der Waals surface area contributed by atoms with Gasteiger partial charge in [-0.2, -0.15) is 0 Å². The summed E-state index contributed by atoms with van der Waals surface area (Å²) in [5.74, 6) is 3.05. The molecule has 1 aliphatic rings. The number of fused-ring (bicyclic) bond motifs is 7. The van der Waals surface area contributed by atoms with Gasteiger partial charge in [-0.1, -0.05) is 170 Å². The van der Waals surface area contributed by atoms with E-state index in [9.17, 15) is 0 Å². The maximum Gasteiger partial charge on any atom is 0.140 e. The predicted molar refractivity (Wildman–Crippen MR) is 224 cm³/mol. The highest BCUT2D eigenvalue weighted by atomic mass is 32.1. The summed E-state index contributed by atoms with van der Waals surface area (Å²) in [6.07, 6.45) is 10.7. The number of terminal acetylenes is 1. The Morgan fingerprint density at radius 1 is 0.604 bits per heavy atom. The van der Waals surface area contributed by atoms with Gasteiger partial charge in [0.05, 0.1) is 5.41 Å². The third kappa shape index (κ3) is 4.51. The van der Waals surface area contributed by atoms with Crippen LogP contribution in [0.4, 0.5) is 0 Å². The van der Waals surface area contributed by atoms with E-state index in [2.05, 4.69) is 189 Å². The minimum absolute atomic E-state index is 0.0626. The fourth-order valence-corrected chi connectivity index (χ4v) is 10.2. The quantitative estimate of drug-likeness (QED) is 0.125. The molecule has 0 saturated heterocycles. The SMILES string of the molecule is C#CC1=C(/C=C\C)C(c2ccccc2)(c2cccc3c2oc2c(C(c4ccccc4)c4cccc5sc6ccccc6c45)cccc23)c2ccccc21. The largest absolute Gasteiger partial charge is 0.455 e. The number of rotatable bonds is 6. The van der Waals surface area contributed by atoms with Crippen LogP contribution in [0.5, 0.6) is 0 Å². The van der Waals surface area contributed by atoms with Crippen LogP contribution in [0.2, 0.25) is 0 Å². The van der Waals surface area contributed by atoms with E-state index < -0.39 is 5.41 Å². The molecule has 0 spiro atoms. The number of benzene rings is 7. The molecule has 2 heterocycles. The highest BCUT2D eigenvalue weighted by Gasteiger charge is 2.48. The van der Waals surface area contributed by atoms with Crippen molar-refractivity contribution in [3.05, 3.63) is 220 Å². The molecule has 250 valence electrons. The third-order valence-electron chi connectivity index (χ3n) is 11.1. The summed E-state index contributed by atoms with van der Waals surface area (Å²) in [5, 5.41) is 4.79. The second-order valence-corrected chi connectivity index (χ2v) is 14.8. The van der Waals surface area contributed by atoms with Gasteiger partial charge in [0.15, 0.2) is 0 Å². The van der Waals surface area contributed by atoms with E-state index >= 15 is 0 Å². The molecule has 9 aromatic rings. The monoisotopic (exact) mass is 694 g/mol. The number of hydrogen-bond donors (Lipinski definition) is 0. The lowest BCUT2D eigenvalue weighted by atomic mass is 9.66. The smallest absolute Gasteiger partial charge is 0.140 e. The average Bonchev–Trinajstić information content (AvgIpc) is 3.88. The van der Waals surface area contributed by atoms with Gasteiger partial charge in [0.25, 0.3) is 0 Å². The molecule has 0 N–H and O–H groups in total. The van der Waals surface area contributed by atoms with Crippen molar-refractivity contribution < 1.29 is 4.42 Å². The van der Waals surface area contributed by atoms with Crippen LogP contribution < -0.4 is 0 Å². The van der Waals surface area contributed by atoms with Crippen LogP contribution in [0.1, 0.15) is 51.8 Å². The van der Waals surface area contributed by atoms with E-state index in [4.69, 9.17) is 10.8 Å². The van der Waals surface area contributed by atoms with Crippen molar-refractivity contribution in [3.8, 4) is 12.3 Å². The van der Waals surface area contributed by atoms with Crippen molar-refractivity contribution >= 4 is 59.0 Å². The zero-order valence-electron chi connectivity index (χ0n) is 29.2. The van der Waals surface area contributed by atoms with Gasteiger partial charge in [-0.05, 0) is 52.4 Å². The van der Waals surface area contributed by atoms with Gasteiger partial charge in [0.2, 0.25) is 0 Å². The third-order valence-corrected chi connectivity index (χ3v) is 12.2. The lowest BCUT2D eigenvalue weighted by Gasteiger charge is -2.34. The summed E-state index contributed by atoms with van der Waals surface area (Å²) in [7, 11) is 0. The van der Waals surface area contributed by atoms with Crippen molar-refractivity contribution in [3.63, 3.8) is 0 Å². The van der Waals surface area contributed by atoms with E-state index in [0.717, 1.165) is 55.3 Å². The van der Waals surface area contributed by atoms with Crippen LogP contribution in [0, 0.1) is 12.3 Å². The van der Waals surface area contributed by atoms with Crippen LogP contribution in [0.3, 0.4) is 0 Å². The topological polar surface area (TPSA) is 13.1 Å². The van der Waals surface area contributed by atoms with Gasteiger partial charge in [-0.15, -0.1) is 17.8 Å². The van der Waals surface area contributed by atoms with Crippen molar-refractivity contribution in [2.24, 2.45) is 0 Å². The summed E-state index contributed by atoms with van der Waals surface area (Å²) >= 11 is 1.86. The molecule has 0 radical (unpaired) electrons. The van der Waals surface area contributed by atoms with Gasteiger partial charge >= 0.3 is 0 Å².